The zero-order chi connectivity index (χ0) is 8.97. The van der Waals surface area contributed by atoms with E-state index in [2.05, 4.69) is 27.5 Å². The average Bonchev–Trinajstić information content (AvgIpc) is 2.04. The molecule has 0 bridgehead atoms. The van der Waals surface area contributed by atoms with Gasteiger partial charge in [0.05, 0.1) is 0 Å². The molecular weight excluding hydrogens is 222 g/mol. The number of carbonyl (C=O) groups excluding carboxylic acids is 1. The quantitative estimate of drug-likeness (QED) is 0.573. The SMILES string of the molecule is C=CC(=O)Oc1cc(Br)ccn1. The Labute approximate surface area is 78.2 Å². The minimum Gasteiger partial charge on any atom is -0.404 e. The Kier molecular flexibility index (Phi) is 2.99. The Morgan fingerprint density at radius 1 is 1.75 bits per heavy atom. The average molecular weight is 228 g/mol. The summed E-state index contributed by atoms with van der Waals surface area (Å²) >= 11 is 3.22. The summed E-state index contributed by atoms with van der Waals surface area (Å²) in [6, 6.07) is 3.34. The predicted molar refractivity (Wildman–Crippen MR) is 47.8 cm³/mol. The monoisotopic (exact) mass is 227 g/mol. The van der Waals surface area contributed by atoms with E-state index in [1.807, 2.05) is 0 Å². The molecule has 0 atom stereocenters. The van der Waals surface area contributed by atoms with Crippen LogP contribution in [0.25, 0.3) is 0 Å². The van der Waals surface area contributed by atoms with Gasteiger partial charge in [0.15, 0.2) is 0 Å². The number of aromatic nitrogens is 1. The molecule has 1 aromatic rings. The van der Waals surface area contributed by atoms with Crippen molar-refractivity contribution in [2.45, 2.75) is 0 Å². The molecule has 4 heteroatoms. The largest absolute Gasteiger partial charge is 0.404 e. The molecular formula is C8H6BrNO2. The molecule has 0 aliphatic carbocycles. The van der Waals surface area contributed by atoms with E-state index < -0.39 is 5.97 Å². The molecule has 0 unspecified atom stereocenters. The Balaban J connectivity index is 2.76. The number of hydrogen-bond acceptors (Lipinski definition) is 3. The Morgan fingerprint density at radius 3 is 3.08 bits per heavy atom. The van der Waals surface area contributed by atoms with Gasteiger partial charge in [-0.15, -0.1) is 0 Å². The third-order valence-corrected chi connectivity index (χ3v) is 1.56. The van der Waals surface area contributed by atoms with Gasteiger partial charge in [-0.05, 0) is 6.07 Å². The van der Waals surface area contributed by atoms with Gasteiger partial charge >= 0.3 is 5.97 Å². The van der Waals surface area contributed by atoms with Gasteiger partial charge in [0.1, 0.15) is 0 Å². The van der Waals surface area contributed by atoms with Crippen molar-refractivity contribution < 1.29 is 9.53 Å². The highest BCUT2D eigenvalue weighted by Gasteiger charge is 2.00. The van der Waals surface area contributed by atoms with Crippen LogP contribution in [-0.4, -0.2) is 11.0 Å². The number of nitrogens with zero attached hydrogens (tertiary/aromatic N) is 1. The molecule has 0 amide bonds. The van der Waals surface area contributed by atoms with Crippen molar-refractivity contribution in [1.29, 1.82) is 0 Å². The zero-order valence-electron chi connectivity index (χ0n) is 6.16. The van der Waals surface area contributed by atoms with E-state index in [0.717, 1.165) is 10.5 Å². The van der Waals surface area contributed by atoms with Crippen LogP contribution in [0.1, 0.15) is 0 Å². The number of hydrogen-bond donors (Lipinski definition) is 0. The second-order valence-corrected chi connectivity index (χ2v) is 2.85. The lowest BCUT2D eigenvalue weighted by Crippen LogP contribution is -2.04. The Morgan fingerprint density at radius 2 is 2.50 bits per heavy atom. The van der Waals surface area contributed by atoms with Crippen LogP contribution >= 0.6 is 15.9 Å². The maximum atomic E-state index is 10.7. The van der Waals surface area contributed by atoms with Crippen molar-refractivity contribution in [3.63, 3.8) is 0 Å². The van der Waals surface area contributed by atoms with E-state index in [-0.39, 0.29) is 5.88 Å². The summed E-state index contributed by atoms with van der Waals surface area (Å²) in [4.78, 5) is 14.5. The number of carbonyl (C=O) groups is 1. The lowest BCUT2D eigenvalue weighted by molar-refractivity contribution is -0.129. The zero-order valence-corrected chi connectivity index (χ0v) is 7.74. The molecule has 12 heavy (non-hydrogen) atoms. The fraction of sp³-hybridized carbons (Fsp3) is 0. The first kappa shape index (κ1) is 8.93. The molecule has 62 valence electrons. The van der Waals surface area contributed by atoms with Crippen LogP contribution in [0.3, 0.4) is 0 Å². The normalized spacial score (nSPS) is 9.08. The van der Waals surface area contributed by atoms with Crippen LogP contribution in [0.2, 0.25) is 0 Å². The van der Waals surface area contributed by atoms with Gasteiger partial charge in [0, 0.05) is 22.8 Å². The third-order valence-electron chi connectivity index (χ3n) is 1.07. The standard InChI is InChI=1S/C8H6BrNO2/c1-2-8(11)12-7-5-6(9)3-4-10-7/h2-5H,1H2. The molecule has 0 aliphatic rings. The smallest absolute Gasteiger partial charge is 0.336 e. The van der Waals surface area contributed by atoms with E-state index in [0.29, 0.717) is 0 Å². The Bertz CT molecular complexity index is 312. The highest BCUT2D eigenvalue weighted by atomic mass is 79.9. The third kappa shape index (κ3) is 2.47. The van der Waals surface area contributed by atoms with Gasteiger partial charge in [0.2, 0.25) is 5.88 Å². The summed E-state index contributed by atoms with van der Waals surface area (Å²) in [6.45, 7) is 3.27. The van der Waals surface area contributed by atoms with E-state index >= 15 is 0 Å². The molecule has 1 heterocycles. The summed E-state index contributed by atoms with van der Waals surface area (Å²) in [7, 11) is 0. The fourth-order valence-electron chi connectivity index (χ4n) is 0.586. The summed E-state index contributed by atoms with van der Waals surface area (Å²) in [5, 5.41) is 0. The van der Waals surface area contributed by atoms with Gasteiger partial charge in [-0.1, -0.05) is 22.5 Å². The summed E-state index contributed by atoms with van der Waals surface area (Å²) in [6.07, 6.45) is 2.62. The van der Waals surface area contributed by atoms with Crippen molar-refractivity contribution in [1.82, 2.24) is 4.98 Å². The van der Waals surface area contributed by atoms with Gasteiger partial charge in [0.25, 0.3) is 0 Å². The van der Waals surface area contributed by atoms with E-state index in [1.54, 1.807) is 12.1 Å². The van der Waals surface area contributed by atoms with Crippen LogP contribution in [0, 0.1) is 0 Å². The first-order valence-corrected chi connectivity index (χ1v) is 3.97. The van der Waals surface area contributed by atoms with Gasteiger partial charge in [-0.25, -0.2) is 9.78 Å². The molecule has 0 saturated heterocycles. The Hall–Kier alpha value is -1.16. The highest BCUT2D eigenvalue weighted by Crippen LogP contribution is 2.14. The van der Waals surface area contributed by atoms with Crippen molar-refractivity contribution >= 4 is 21.9 Å². The van der Waals surface area contributed by atoms with E-state index in [9.17, 15) is 4.79 Å². The van der Waals surface area contributed by atoms with Crippen LogP contribution < -0.4 is 4.74 Å². The molecule has 0 saturated carbocycles. The lowest BCUT2D eigenvalue weighted by atomic mass is 10.5. The maximum Gasteiger partial charge on any atom is 0.336 e. The molecule has 0 fully saturated rings. The van der Waals surface area contributed by atoms with Crippen molar-refractivity contribution in [3.05, 3.63) is 35.5 Å². The van der Waals surface area contributed by atoms with Crippen LogP contribution in [-0.2, 0) is 4.79 Å². The topological polar surface area (TPSA) is 39.2 Å². The summed E-state index contributed by atoms with van der Waals surface area (Å²) in [5.41, 5.74) is 0. The molecule has 0 aromatic carbocycles. The minimum atomic E-state index is -0.513. The van der Waals surface area contributed by atoms with Gasteiger partial charge in [-0.3, -0.25) is 0 Å². The van der Waals surface area contributed by atoms with E-state index in [1.165, 1.54) is 6.20 Å². The molecule has 1 rings (SSSR count). The van der Waals surface area contributed by atoms with Crippen LogP contribution in [0.15, 0.2) is 35.5 Å². The highest BCUT2D eigenvalue weighted by molar-refractivity contribution is 9.10. The molecule has 0 radical (unpaired) electrons. The molecule has 0 aliphatic heterocycles. The summed E-state index contributed by atoms with van der Waals surface area (Å²) < 4.78 is 5.56. The van der Waals surface area contributed by atoms with Gasteiger partial charge in [-0.2, -0.15) is 0 Å². The van der Waals surface area contributed by atoms with Crippen molar-refractivity contribution in [3.8, 4) is 5.88 Å². The number of pyridine rings is 1. The molecule has 3 nitrogen and oxygen atoms in total. The van der Waals surface area contributed by atoms with E-state index in [4.69, 9.17) is 4.74 Å². The second-order valence-electron chi connectivity index (χ2n) is 1.94. The molecule has 0 spiro atoms. The first-order valence-electron chi connectivity index (χ1n) is 3.18. The molecule has 1 aromatic heterocycles. The summed E-state index contributed by atoms with van der Waals surface area (Å²) in [5.74, 6) is -0.255. The number of ether oxygens (including phenoxy) is 1. The number of esters is 1. The first-order chi connectivity index (χ1) is 5.72. The van der Waals surface area contributed by atoms with Gasteiger partial charge < -0.3 is 4.74 Å². The fourth-order valence-corrected chi connectivity index (χ4v) is 0.900. The van der Waals surface area contributed by atoms with Crippen molar-refractivity contribution in [2.75, 3.05) is 0 Å². The van der Waals surface area contributed by atoms with Crippen LogP contribution in [0.5, 0.6) is 5.88 Å². The van der Waals surface area contributed by atoms with Crippen molar-refractivity contribution in [2.24, 2.45) is 0 Å². The number of halogens is 1. The second kappa shape index (κ2) is 4.01. The number of rotatable bonds is 2. The predicted octanol–water partition coefficient (Wildman–Crippen LogP) is 1.94. The van der Waals surface area contributed by atoms with Crippen LogP contribution in [0.4, 0.5) is 0 Å². The molecule has 0 N–H and O–H groups in total. The lowest BCUT2D eigenvalue weighted by Gasteiger charge is -1.98. The maximum absolute atomic E-state index is 10.7. The minimum absolute atomic E-state index is 0.259.